The number of hydrogen-bond acceptors (Lipinski definition) is 28. The second-order valence-corrected chi connectivity index (χ2v) is 42.8. The molecular weight excluding hydrogens is 1880 g/mol. The second-order valence-electron chi connectivity index (χ2n) is 39.0. The van der Waals surface area contributed by atoms with Crippen LogP contribution in [0.4, 0.5) is 9.59 Å². The Kier molecular flexibility index (Phi) is 34.8. The maximum Gasteiger partial charge on any atom is 0.317 e. The number of ether oxygens (including phenoxy) is 4. The molecule has 0 spiro atoms. The number of amides is 4. The van der Waals surface area contributed by atoms with Crippen molar-refractivity contribution in [3.63, 3.8) is 0 Å². The third-order valence-electron chi connectivity index (χ3n) is 26.0. The smallest absolute Gasteiger partial charge is 0.317 e. The number of rotatable bonds is 28. The Balaban J connectivity index is 0.000000145. The molecule has 6 aliphatic rings. The van der Waals surface area contributed by atoms with Gasteiger partial charge in [-0.3, -0.25) is 0 Å². The lowest BCUT2D eigenvalue weighted by Gasteiger charge is -2.34. The molecule has 12 aromatic rings. The third kappa shape index (κ3) is 26.7. The van der Waals surface area contributed by atoms with Crippen LogP contribution in [0, 0.1) is 51.2 Å². The van der Waals surface area contributed by atoms with Crippen LogP contribution >= 0.6 is 0 Å². The van der Waals surface area contributed by atoms with Crippen molar-refractivity contribution < 1.29 is 63.5 Å². The Morgan fingerprint density at radius 2 is 0.669 bits per heavy atom. The summed E-state index contributed by atoms with van der Waals surface area (Å²) in [5.41, 5.74) is 16.1. The number of nitriles is 4. The Bertz CT molecular complexity index is 6800. The van der Waals surface area contributed by atoms with Crippen LogP contribution in [0.15, 0.2) is 164 Å². The number of nitrogens with zero attached hydrogens (tertiary/aromatic N) is 16. The zero-order chi connectivity index (χ0) is 103. The van der Waals surface area contributed by atoms with Crippen LogP contribution in [0.1, 0.15) is 237 Å². The summed E-state index contributed by atoms with van der Waals surface area (Å²) >= 11 is 0. The van der Waals surface area contributed by atoms with E-state index in [-0.39, 0.29) is 72.2 Å². The van der Waals surface area contributed by atoms with Crippen LogP contribution in [-0.4, -0.2) is 192 Å². The molecule has 2 fully saturated rings. The maximum atomic E-state index is 13.0. The van der Waals surface area contributed by atoms with Gasteiger partial charge in [0.15, 0.2) is 0 Å². The standard InChI is InChI=1S/C29H33N5O3.C28H31N5O3.2C26H31N5O4S/c1-18(2)36-26-13-12-20(15-21(26)16-30)28-32-27(33-37-28)24-10-4-9-23-22(24)8-5-11-25(23)31-29(35)34-14-6-7-19(3)17-34;1-18(2)35-25-13-12-19(16-20(25)17-29)27-31-26(32-36-27)23-10-6-9-22-21(23)8-7-11-24(22)30-28(34)33-14-4-3-5-15-33;2*1-17(2)34-24-12-11-18(15-19(24)16-27)26-28-25(29-35-26)22-9-5-8-21-20(22)7-6-10-23(21)30-36(32,33)14-13-31(3)4/h4,9-10,12-13,15,18-19,25H,5-8,11,14,17H2,1-3H3,(H,31,35);6,9-10,12-13,16,18,24H,3-5,7-8,11,14-15H2,1-2H3,(H,30,34);2*5,8-9,11-12,15,17,23,30H,6-7,10,13-14H2,1-4H3/t19-,25-;24-;2*23-/m0110/s1. The van der Waals surface area contributed by atoms with Crippen molar-refractivity contribution in [2.24, 2.45) is 5.92 Å². The molecule has 758 valence electrons. The zero-order valence-electron chi connectivity index (χ0n) is 84.4. The highest BCUT2D eigenvalue weighted by molar-refractivity contribution is 7.89. The normalized spacial score (nSPS) is 17.0. The van der Waals surface area contributed by atoms with Crippen LogP contribution in [0.25, 0.3) is 91.4 Å². The molecule has 2 saturated heterocycles. The van der Waals surface area contributed by atoms with Crippen LogP contribution in [-0.2, 0) is 45.7 Å². The first-order chi connectivity index (χ1) is 69.8. The van der Waals surface area contributed by atoms with Crippen molar-refractivity contribution in [3.8, 4) is 139 Å². The summed E-state index contributed by atoms with van der Waals surface area (Å²) in [5, 5.41) is 61.7. The van der Waals surface area contributed by atoms with Crippen molar-refractivity contribution in [2.45, 2.75) is 220 Å². The predicted molar refractivity (Wildman–Crippen MR) is 549 cm³/mol. The Morgan fingerprint density at radius 1 is 0.386 bits per heavy atom. The highest BCUT2D eigenvalue weighted by Crippen LogP contribution is 2.44. The maximum absolute atomic E-state index is 13.0. The van der Waals surface area contributed by atoms with Gasteiger partial charge in [0, 0.05) is 95.9 Å². The Labute approximate surface area is 847 Å². The second kappa shape index (κ2) is 48.0. The number of urea groups is 2. The van der Waals surface area contributed by atoms with Gasteiger partial charge in [-0.05, 0) is 316 Å². The number of aromatic nitrogens is 8. The van der Waals surface area contributed by atoms with Gasteiger partial charge in [-0.15, -0.1) is 0 Å². The van der Waals surface area contributed by atoms with E-state index in [1.165, 1.54) is 12.8 Å². The molecule has 4 aromatic heterocycles. The van der Waals surface area contributed by atoms with Crippen molar-refractivity contribution >= 4 is 32.1 Å². The van der Waals surface area contributed by atoms with Gasteiger partial charge in [-0.1, -0.05) is 100 Å². The third-order valence-corrected chi connectivity index (χ3v) is 28.7. The molecule has 8 aromatic carbocycles. The average Bonchev–Trinajstić information content (AvgIpc) is 1.53. The van der Waals surface area contributed by atoms with Gasteiger partial charge < -0.3 is 67.3 Å². The summed E-state index contributed by atoms with van der Waals surface area (Å²) in [6.45, 7) is 21.7. The van der Waals surface area contributed by atoms with E-state index in [1.807, 2.05) is 176 Å². The molecule has 145 heavy (non-hydrogen) atoms. The summed E-state index contributed by atoms with van der Waals surface area (Å²) in [4.78, 5) is 52.0. The minimum absolute atomic E-state index is 0.0230. The summed E-state index contributed by atoms with van der Waals surface area (Å²) in [6.07, 6.45) is 15.7. The number of carbonyl (C=O) groups is 2. The van der Waals surface area contributed by atoms with Gasteiger partial charge in [0.2, 0.25) is 43.3 Å². The number of benzene rings is 8. The Morgan fingerprint density at radius 3 is 0.952 bits per heavy atom. The first-order valence-electron chi connectivity index (χ1n) is 49.9. The molecule has 0 saturated carbocycles. The molecule has 18 rings (SSSR count). The SMILES string of the molecule is CC(C)Oc1ccc(-c2nc(-c3cccc4c3CCC[C@@H]4NC(=O)N3CCC[C@H](C)C3)no2)cc1C#N.CC(C)Oc1ccc(-c2nc(-c3cccc4c3CCC[C@@H]4NS(=O)(=O)CCN(C)C)no2)cc1C#N.CC(C)Oc1ccc(-c2nc(-c3cccc4c3CCC[C@H]4NC(=O)N3CCCCC3)no2)cc1C#N.CC(C)Oc1ccc(-c2nc(-c3cccc4c3CCC[C@H]4NS(=O)(=O)CCN(C)C)no2)cc1C#N. The van der Waals surface area contributed by atoms with E-state index in [0.29, 0.717) is 133 Å². The number of hydrogen-bond donors (Lipinski definition) is 4. The average molecular weight is 2000 g/mol. The molecule has 6 heterocycles. The van der Waals surface area contributed by atoms with Crippen molar-refractivity contribution in [3.05, 3.63) is 212 Å². The van der Waals surface area contributed by atoms with Crippen molar-refractivity contribution in [1.82, 2.24) is 80.2 Å². The van der Waals surface area contributed by atoms with Crippen molar-refractivity contribution in [2.75, 3.05) is 79.0 Å². The number of piperidine rings is 2. The van der Waals surface area contributed by atoms with E-state index >= 15 is 0 Å². The van der Waals surface area contributed by atoms with Gasteiger partial charge in [-0.25, -0.2) is 35.9 Å². The molecule has 34 nitrogen and oxygen atoms in total. The van der Waals surface area contributed by atoms with E-state index in [0.717, 1.165) is 189 Å². The van der Waals surface area contributed by atoms with E-state index in [4.69, 9.17) is 37.0 Å². The minimum Gasteiger partial charge on any atom is -0.490 e. The van der Waals surface area contributed by atoms with Gasteiger partial charge in [0.1, 0.15) is 47.3 Å². The van der Waals surface area contributed by atoms with E-state index in [1.54, 1.807) is 60.7 Å². The summed E-state index contributed by atoms with van der Waals surface area (Å²) in [6, 6.07) is 52.8. The molecule has 2 aliphatic heterocycles. The van der Waals surface area contributed by atoms with Crippen LogP contribution in [0.3, 0.4) is 0 Å². The fraction of sp³-hybridized carbons (Fsp3) is 0.431. The molecule has 0 bridgehead atoms. The van der Waals surface area contributed by atoms with E-state index in [2.05, 4.69) is 104 Å². The topological polar surface area (TPSA) is 451 Å². The number of sulfonamides is 2. The lowest BCUT2D eigenvalue weighted by atomic mass is 9.84. The summed E-state index contributed by atoms with van der Waals surface area (Å²) < 4.78 is 102. The van der Waals surface area contributed by atoms with E-state index < -0.39 is 20.0 Å². The fourth-order valence-electron chi connectivity index (χ4n) is 19.1. The first kappa shape index (κ1) is 105. The largest absolute Gasteiger partial charge is 0.490 e. The van der Waals surface area contributed by atoms with Crippen LogP contribution < -0.4 is 39.0 Å². The fourth-order valence-corrected chi connectivity index (χ4v) is 21.9. The lowest BCUT2D eigenvalue weighted by molar-refractivity contribution is 0.165. The minimum atomic E-state index is -3.42. The number of fused-ring (bicyclic) bond motifs is 4. The van der Waals surface area contributed by atoms with Crippen molar-refractivity contribution in [1.29, 1.82) is 21.0 Å². The number of carbonyl (C=O) groups excluding carboxylic acids is 2. The summed E-state index contributed by atoms with van der Waals surface area (Å²) in [7, 11) is 0.563. The monoisotopic (exact) mass is 2000 g/mol. The molecule has 0 radical (unpaired) electrons. The molecule has 4 N–H and O–H groups in total. The molecule has 4 amide bonds. The lowest BCUT2D eigenvalue weighted by Crippen LogP contribution is -2.46. The van der Waals surface area contributed by atoms with Gasteiger partial charge in [-0.2, -0.15) is 41.0 Å². The molecule has 4 aliphatic carbocycles. The van der Waals surface area contributed by atoms with Gasteiger partial charge in [0.05, 0.1) is 70.3 Å². The predicted octanol–water partition coefficient (Wildman–Crippen LogP) is 19.4. The van der Waals surface area contributed by atoms with Crippen LogP contribution in [0.2, 0.25) is 0 Å². The van der Waals surface area contributed by atoms with E-state index in [9.17, 15) is 47.5 Å². The summed E-state index contributed by atoms with van der Waals surface area (Å²) in [5.74, 6) is 5.88. The van der Waals surface area contributed by atoms with Gasteiger partial charge >= 0.3 is 12.1 Å². The first-order valence-corrected chi connectivity index (χ1v) is 53.2. The van der Waals surface area contributed by atoms with Crippen LogP contribution in [0.5, 0.6) is 23.0 Å². The highest BCUT2D eigenvalue weighted by atomic mass is 32.2. The highest BCUT2D eigenvalue weighted by Gasteiger charge is 2.35. The quantitative estimate of drug-likeness (QED) is 0.0354. The van der Waals surface area contributed by atoms with Gasteiger partial charge in [0.25, 0.3) is 23.6 Å². The molecule has 5 atom stereocenters. The number of likely N-dealkylation sites (tertiary alicyclic amines) is 2. The zero-order valence-corrected chi connectivity index (χ0v) is 86.1. The molecule has 36 heteroatoms. The number of nitrogens with one attached hydrogen (secondary N) is 4. The molecular formula is C109H126N20O14S2. The Hall–Kier alpha value is -14.2. The molecule has 0 unspecified atom stereocenters.